The lowest BCUT2D eigenvalue weighted by Gasteiger charge is -2.12. The average molecular weight is 221 g/mol. The van der Waals surface area contributed by atoms with Gasteiger partial charge in [-0.25, -0.2) is 0 Å². The van der Waals surface area contributed by atoms with Gasteiger partial charge in [-0.3, -0.25) is 4.98 Å². The van der Waals surface area contributed by atoms with Gasteiger partial charge in [-0.1, -0.05) is 26.7 Å². The highest BCUT2D eigenvalue weighted by atomic mass is 14.9. The van der Waals surface area contributed by atoms with E-state index in [1.165, 1.54) is 12.8 Å². The number of rotatable bonds is 7. The van der Waals surface area contributed by atoms with Gasteiger partial charge >= 0.3 is 0 Å². The Hall–Kier alpha value is -1.09. The molecular weight excluding hydrogens is 198 g/mol. The van der Waals surface area contributed by atoms with Crippen LogP contribution in [-0.4, -0.2) is 18.1 Å². The Morgan fingerprint density at radius 3 is 2.62 bits per heavy atom. The molecule has 3 heteroatoms. The summed E-state index contributed by atoms with van der Waals surface area (Å²) < 4.78 is 0. The van der Waals surface area contributed by atoms with Gasteiger partial charge in [-0.05, 0) is 24.6 Å². The molecule has 0 bridgehead atoms. The summed E-state index contributed by atoms with van der Waals surface area (Å²) >= 11 is 0. The molecule has 1 aromatic rings. The Balaban J connectivity index is 2.18. The van der Waals surface area contributed by atoms with Gasteiger partial charge in [0.15, 0.2) is 0 Å². The maximum Gasteiger partial charge on any atom is 0.0501 e. The van der Waals surface area contributed by atoms with Crippen molar-refractivity contribution in [2.75, 3.05) is 18.8 Å². The molecule has 0 saturated heterocycles. The van der Waals surface area contributed by atoms with E-state index in [-0.39, 0.29) is 0 Å². The van der Waals surface area contributed by atoms with Gasteiger partial charge in [-0.15, -0.1) is 0 Å². The fraction of sp³-hybridized carbons (Fsp3) is 0.615. The summed E-state index contributed by atoms with van der Waals surface area (Å²) in [7, 11) is 0. The van der Waals surface area contributed by atoms with Crippen LogP contribution in [0.25, 0.3) is 0 Å². The van der Waals surface area contributed by atoms with Crippen molar-refractivity contribution in [3.8, 4) is 0 Å². The first-order chi connectivity index (χ1) is 7.76. The predicted molar refractivity (Wildman–Crippen MR) is 69.3 cm³/mol. The molecule has 90 valence electrons. The summed E-state index contributed by atoms with van der Waals surface area (Å²) in [5.74, 6) is 0.805. The van der Waals surface area contributed by atoms with E-state index >= 15 is 0 Å². The highest BCUT2D eigenvalue weighted by molar-refractivity contribution is 5.34. The highest BCUT2D eigenvalue weighted by Gasteiger charge is 2.02. The zero-order valence-corrected chi connectivity index (χ0v) is 10.4. The first kappa shape index (κ1) is 13.0. The lowest BCUT2D eigenvalue weighted by Crippen LogP contribution is -2.24. The van der Waals surface area contributed by atoms with Crippen molar-refractivity contribution in [1.29, 1.82) is 0 Å². The van der Waals surface area contributed by atoms with Crippen molar-refractivity contribution < 1.29 is 0 Å². The van der Waals surface area contributed by atoms with Crippen LogP contribution in [0.4, 0.5) is 5.69 Å². The number of anilines is 1. The lowest BCUT2D eigenvalue weighted by molar-refractivity contribution is 0.451. The molecule has 0 fully saturated rings. The van der Waals surface area contributed by atoms with Crippen LogP contribution in [0.2, 0.25) is 0 Å². The monoisotopic (exact) mass is 221 g/mol. The minimum Gasteiger partial charge on any atom is -0.397 e. The van der Waals surface area contributed by atoms with E-state index in [9.17, 15) is 0 Å². The van der Waals surface area contributed by atoms with Crippen LogP contribution < -0.4 is 11.1 Å². The second-order valence-corrected chi connectivity index (χ2v) is 4.22. The molecule has 0 amide bonds. The molecule has 1 heterocycles. The average Bonchev–Trinajstić information content (AvgIpc) is 2.32. The summed E-state index contributed by atoms with van der Waals surface area (Å²) in [5, 5.41) is 3.48. The number of pyridine rings is 1. The van der Waals surface area contributed by atoms with E-state index in [4.69, 9.17) is 5.73 Å². The normalized spacial score (nSPS) is 10.9. The number of nitrogen functional groups attached to an aromatic ring is 1. The van der Waals surface area contributed by atoms with Crippen LogP contribution in [0.3, 0.4) is 0 Å². The van der Waals surface area contributed by atoms with Crippen molar-refractivity contribution >= 4 is 5.69 Å². The fourth-order valence-corrected chi connectivity index (χ4v) is 1.68. The molecule has 0 aliphatic heterocycles. The number of hydrogen-bond donors (Lipinski definition) is 2. The largest absolute Gasteiger partial charge is 0.397 e. The van der Waals surface area contributed by atoms with E-state index in [1.807, 2.05) is 12.1 Å². The quantitative estimate of drug-likeness (QED) is 0.694. The maximum absolute atomic E-state index is 5.58. The molecule has 0 aliphatic carbocycles. The number of nitrogens with two attached hydrogens (primary N) is 1. The van der Waals surface area contributed by atoms with E-state index < -0.39 is 0 Å². The minimum absolute atomic E-state index is 0.730. The SMILES string of the molecule is CCC(CC)CNCCc1ccc(N)cn1. The van der Waals surface area contributed by atoms with Crippen molar-refractivity contribution in [3.63, 3.8) is 0 Å². The molecule has 0 spiro atoms. The number of aromatic nitrogens is 1. The molecule has 3 nitrogen and oxygen atoms in total. The number of nitrogens with zero attached hydrogens (tertiary/aromatic N) is 1. The zero-order valence-electron chi connectivity index (χ0n) is 10.4. The maximum atomic E-state index is 5.58. The van der Waals surface area contributed by atoms with Gasteiger partial charge in [-0.2, -0.15) is 0 Å². The standard InChI is InChI=1S/C13H23N3/c1-3-11(4-2)9-15-8-7-13-6-5-12(14)10-16-13/h5-6,10-11,15H,3-4,7-9,14H2,1-2H3. The second kappa shape index (κ2) is 7.23. The summed E-state index contributed by atoms with van der Waals surface area (Å²) in [6.45, 7) is 6.60. The Labute approximate surface area is 98.5 Å². The highest BCUT2D eigenvalue weighted by Crippen LogP contribution is 2.05. The Kier molecular flexibility index (Phi) is 5.86. The van der Waals surface area contributed by atoms with Gasteiger partial charge in [0.25, 0.3) is 0 Å². The smallest absolute Gasteiger partial charge is 0.0501 e. The Bertz CT molecular complexity index is 278. The third-order valence-electron chi connectivity index (χ3n) is 2.99. The van der Waals surface area contributed by atoms with Crippen LogP contribution in [0.5, 0.6) is 0 Å². The Morgan fingerprint density at radius 2 is 2.06 bits per heavy atom. The number of hydrogen-bond acceptors (Lipinski definition) is 3. The topological polar surface area (TPSA) is 50.9 Å². The molecule has 0 aliphatic rings. The molecule has 0 aromatic carbocycles. The van der Waals surface area contributed by atoms with Crippen molar-refractivity contribution in [3.05, 3.63) is 24.0 Å². The predicted octanol–water partition coefficient (Wildman–Crippen LogP) is 2.23. The van der Waals surface area contributed by atoms with Gasteiger partial charge in [0, 0.05) is 18.7 Å². The van der Waals surface area contributed by atoms with Crippen LogP contribution in [0.1, 0.15) is 32.4 Å². The first-order valence-electron chi connectivity index (χ1n) is 6.17. The van der Waals surface area contributed by atoms with Crippen molar-refractivity contribution in [2.45, 2.75) is 33.1 Å². The lowest BCUT2D eigenvalue weighted by atomic mass is 10.0. The fourth-order valence-electron chi connectivity index (χ4n) is 1.68. The first-order valence-corrected chi connectivity index (χ1v) is 6.17. The second-order valence-electron chi connectivity index (χ2n) is 4.22. The van der Waals surface area contributed by atoms with Gasteiger partial charge < -0.3 is 11.1 Å². The zero-order chi connectivity index (χ0) is 11.8. The molecule has 0 unspecified atom stereocenters. The summed E-state index contributed by atoms with van der Waals surface area (Å²) in [6.07, 6.45) is 5.20. The van der Waals surface area contributed by atoms with Gasteiger partial charge in [0.1, 0.15) is 0 Å². The van der Waals surface area contributed by atoms with Crippen molar-refractivity contribution in [1.82, 2.24) is 10.3 Å². The van der Waals surface area contributed by atoms with Crippen LogP contribution >= 0.6 is 0 Å². The molecular formula is C13H23N3. The molecule has 0 saturated carbocycles. The van der Waals surface area contributed by atoms with Crippen LogP contribution in [0, 0.1) is 5.92 Å². The third-order valence-corrected chi connectivity index (χ3v) is 2.99. The Morgan fingerprint density at radius 1 is 1.31 bits per heavy atom. The van der Waals surface area contributed by atoms with Crippen LogP contribution in [0.15, 0.2) is 18.3 Å². The van der Waals surface area contributed by atoms with E-state index in [0.29, 0.717) is 0 Å². The van der Waals surface area contributed by atoms with Crippen LogP contribution in [-0.2, 0) is 6.42 Å². The van der Waals surface area contributed by atoms with E-state index in [0.717, 1.165) is 36.8 Å². The summed E-state index contributed by atoms with van der Waals surface area (Å²) in [6, 6.07) is 3.90. The van der Waals surface area contributed by atoms with E-state index in [2.05, 4.69) is 24.1 Å². The van der Waals surface area contributed by atoms with E-state index in [1.54, 1.807) is 6.20 Å². The third kappa shape index (κ3) is 4.62. The molecule has 1 aromatic heterocycles. The molecule has 3 N–H and O–H groups in total. The molecule has 0 atom stereocenters. The summed E-state index contributed by atoms with van der Waals surface area (Å²) in [4.78, 5) is 4.27. The number of nitrogens with one attached hydrogen (secondary N) is 1. The molecule has 16 heavy (non-hydrogen) atoms. The molecule has 1 rings (SSSR count). The summed E-state index contributed by atoms with van der Waals surface area (Å²) in [5.41, 5.74) is 7.41. The van der Waals surface area contributed by atoms with Gasteiger partial charge in [0.2, 0.25) is 0 Å². The van der Waals surface area contributed by atoms with Gasteiger partial charge in [0.05, 0.1) is 11.9 Å². The molecule has 0 radical (unpaired) electrons. The van der Waals surface area contributed by atoms with Crippen molar-refractivity contribution in [2.24, 2.45) is 5.92 Å². The minimum atomic E-state index is 0.730.